The topological polar surface area (TPSA) is 67.2 Å². The molecule has 0 spiro atoms. The molecule has 2 aliphatic rings. The van der Waals surface area contributed by atoms with Gasteiger partial charge in [-0.25, -0.2) is 18.2 Å². The fraction of sp³-hybridized carbons (Fsp3) is 0.414. The maximum absolute atomic E-state index is 14.9. The lowest BCUT2D eigenvalue weighted by Gasteiger charge is -2.19. The molecule has 1 amide bonds. The fourth-order valence-corrected chi connectivity index (χ4v) is 5.69. The lowest BCUT2D eigenvalue weighted by atomic mass is 9.99. The molecular formula is C29H31F3N4O2. The quantitative estimate of drug-likeness (QED) is 0.405. The fourth-order valence-electron chi connectivity index (χ4n) is 5.69. The van der Waals surface area contributed by atoms with E-state index >= 15 is 0 Å². The molecule has 9 heteroatoms. The largest absolute Gasteiger partial charge is 0.354 e. The molecule has 1 aromatic carbocycles. The molecule has 1 N–H and O–H groups in total. The maximum Gasteiger partial charge on any atom is 0.256 e. The lowest BCUT2D eigenvalue weighted by molar-refractivity contribution is 0.0950. The Morgan fingerprint density at radius 3 is 2.71 bits per heavy atom. The minimum absolute atomic E-state index is 0.0564. The third kappa shape index (κ3) is 5.33. The highest BCUT2D eigenvalue weighted by Gasteiger charge is 2.26. The summed E-state index contributed by atoms with van der Waals surface area (Å²) in [5, 5.41) is 2.96. The van der Waals surface area contributed by atoms with Crippen molar-refractivity contribution < 1.29 is 18.0 Å². The Labute approximate surface area is 219 Å². The first-order valence-electron chi connectivity index (χ1n) is 13.1. The van der Waals surface area contributed by atoms with Crippen molar-refractivity contribution >= 4 is 22.8 Å². The normalized spacial score (nSPS) is 21.2. The number of amides is 1. The van der Waals surface area contributed by atoms with Crippen molar-refractivity contribution in [1.29, 1.82) is 0 Å². The molecule has 0 radical (unpaired) electrons. The minimum Gasteiger partial charge on any atom is -0.354 e. The molecule has 3 atom stereocenters. The highest BCUT2D eigenvalue weighted by molar-refractivity contribution is 5.97. The number of carbonyl (C=O) groups excluding carboxylic acids is 1. The van der Waals surface area contributed by atoms with Crippen molar-refractivity contribution in [2.75, 3.05) is 24.5 Å². The zero-order valence-corrected chi connectivity index (χ0v) is 21.1. The van der Waals surface area contributed by atoms with E-state index in [0.717, 1.165) is 44.2 Å². The number of carbonyl (C=O) groups is 1. The monoisotopic (exact) mass is 524 g/mol. The van der Waals surface area contributed by atoms with Crippen LogP contribution in [0, 0.1) is 23.5 Å². The van der Waals surface area contributed by atoms with Gasteiger partial charge in [0.15, 0.2) is 5.65 Å². The number of alkyl halides is 1. The molecule has 5 rings (SSSR count). The molecule has 38 heavy (non-hydrogen) atoms. The van der Waals surface area contributed by atoms with E-state index in [9.17, 15) is 22.8 Å². The number of nitrogens with one attached hydrogen (secondary N) is 1. The van der Waals surface area contributed by atoms with Gasteiger partial charge in [0.25, 0.3) is 5.91 Å². The van der Waals surface area contributed by atoms with Crippen LogP contribution in [-0.4, -0.2) is 41.3 Å². The second kappa shape index (κ2) is 11.0. The molecule has 1 saturated heterocycles. The van der Waals surface area contributed by atoms with E-state index in [1.807, 2.05) is 6.08 Å². The Morgan fingerprint density at radius 1 is 1.16 bits per heavy atom. The highest BCUT2D eigenvalue weighted by Crippen LogP contribution is 2.35. The van der Waals surface area contributed by atoms with E-state index in [-0.39, 0.29) is 28.8 Å². The van der Waals surface area contributed by atoms with Crippen LogP contribution in [0.5, 0.6) is 0 Å². The maximum atomic E-state index is 14.9. The number of pyridine rings is 2. The van der Waals surface area contributed by atoms with Gasteiger partial charge in [-0.1, -0.05) is 12.5 Å². The Morgan fingerprint density at radius 2 is 1.97 bits per heavy atom. The highest BCUT2D eigenvalue weighted by atomic mass is 19.1. The lowest BCUT2D eigenvalue weighted by Crippen LogP contribution is -2.31. The van der Waals surface area contributed by atoms with Crippen molar-refractivity contribution in [3.05, 3.63) is 76.6 Å². The van der Waals surface area contributed by atoms with Gasteiger partial charge in [0.2, 0.25) is 5.43 Å². The molecule has 2 fully saturated rings. The van der Waals surface area contributed by atoms with Crippen molar-refractivity contribution in [3.8, 4) is 5.69 Å². The van der Waals surface area contributed by atoms with E-state index in [4.69, 9.17) is 0 Å². The summed E-state index contributed by atoms with van der Waals surface area (Å²) in [5.74, 6) is -0.584. The average Bonchev–Trinajstić information content (AvgIpc) is 3.53. The van der Waals surface area contributed by atoms with Crippen LogP contribution >= 0.6 is 0 Å². The number of allylic oxidation sites excluding steroid dienone is 1. The third-order valence-corrected chi connectivity index (χ3v) is 7.69. The Hall–Kier alpha value is -3.62. The Balaban J connectivity index is 1.46. The van der Waals surface area contributed by atoms with Gasteiger partial charge in [-0.05, 0) is 68.2 Å². The molecule has 0 bridgehead atoms. The summed E-state index contributed by atoms with van der Waals surface area (Å²) in [6.07, 6.45) is 7.76. The van der Waals surface area contributed by atoms with Crippen molar-refractivity contribution in [3.63, 3.8) is 0 Å². The van der Waals surface area contributed by atoms with Crippen molar-refractivity contribution in [2.24, 2.45) is 11.8 Å². The first-order valence-corrected chi connectivity index (χ1v) is 13.1. The summed E-state index contributed by atoms with van der Waals surface area (Å²) in [6.45, 7) is 4.86. The summed E-state index contributed by atoms with van der Waals surface area (Å²) < 4.78 is 43.6. The number of hydrogen-bond acceptors (Lipinski definition) is 4. The summed E-state index contributed by atoms with van der Waals surface area (Å²) in [5.41, 5.74) is -0.640. The first-order chi connectivity index (χ1) is 18.3. The smallest absolute Gasteiger partial charge is 0.256 e. The summed E-state index contributed by atoms with van der Waals surface area (Å²) in [6, 6.07) is 6.20. The zero-order chi connectivity index (χ0) is 26.8. The molecule has 2 aromatic heterocycles. The van der Waals surface area contributed by atoms with Crippen LogP contribution in [0.3, 0.4) is 0 Å². The van der Waals surface area contributed by atoms with Gasteiger partial charge < -0.3 is 10.2 Å². The van der Waals surface area contributed by atoms with Gasteiger partial charge in [-0.15, -0.1) is 6.58 Å². The number of halogens is 3. The SMILES string of the molecule is C=CCC1CCC(CCNC(=O)c2cn(-c3ccc(F)cc3F)c3nc(N4CCC(F)C4)ccc3c2=O)C1. The standard InChI is InChI=1S/C29H31F3N4O2/c1-2-3-18-4-5-19(14-18)10-12-33-29(38)23-17-36(25-8-6-20(30)15-24(25)32)28-22(27(23)37)7-9-26(34-28)35-13-11-21(31)16-35/h2,6-9,15,17-19,21H,1,3-5,10-14,16H2,(H,33,38). The van der Waals surface area contributed by atoms with Gasteiger partial charge >= 0.3 is 0 Å². The third-order valence-electron chi connectivity index (χ3n) is 7.69. The summed E-state index contributed by atoms with van der Waals surface area (Å²) in [4.78, 5) is 32.8. The number of benzene rings is 1. The van der Waals surface area contributed by atoms with Gasteiger partial charge in [0.1, 0.15) is 29.2 Å². The molecule has 200 valence electrons. The van der Waals surface area contributed by atoms with Crippen LogP contribution in [0.4, 0.5) is 19.0 Å². The molecule has 6 nitrogen and oxygen atoms in total. The second-order valence-corrected chi connectivity index (χ2v) is 10.3. The second-order valence-electron chi connectivity index (χ2n) is 10.3. The molecule has 1 aliphatic carbocycles. The molecular weight excluding hydrogens is 493 g/mol. The van der Waals surface area contributed by atoms with Gasteiger partial charge in [0.05, 0.1) is 17.6 Å². The molecule has 1 saturated carbocycles. The van der Waals surface area contributed by atoms with Crippen molar-refractivity contribution in [2.45, 2.75) is 44.7 Å². The van der Waals surface area contributed by atoms with E-state index < -0.39 is 29.1 Å². The minimum atomic E-state index is -0.979. The van der Waals surface area contributed by atoms with E-state index in [2.05, 4.69) is 16.9 Å². The Bertz CT molecular complexity index is 1420. The molecule has 1 aliphatic heterocycles. The molecule has 3 heterocycles. The number of anilines is 1. The average molecular weight is 525 g/mol. The number of aromatic nitrogens is 2. The van der Waals surface area contributed by atoms with Crippen LogP contribution < -0.4 is 15.6 Å². The van der Waals surface area contributed by atoms with Crippen LogP contribution in [0.25, 0.3) is 16.7 Å². The number of hydrogen-bond donors (Lipinski definition) is 1. The number of nitrogens with zero attached hydrogens (tertiary/aromatic N) is 3. The predicted molar refractivity (Wildman–Crippen MR) is 142 cm³/mol. The van der Waals surface area contributed by atoms with Gasteiger partial charge in [-0.2, -0.15) is 0 Å². The van der Waals surface area contributed by atoms with Crippen molar-refractivity contribution in [1.82, 2.24) is 14.9 Å². The van der Waals surface area contributed by atoms with Gasteiger partial charge in [0, 0.05) is 25.4 Å². The zero-order valence-electron chi connectivity index (χ0n) is 21.1. The number of fused-ring (bicyclic) bond motifs is 1. The summed E-state index contributed by atoms with van der Waals surface area (Å²) >= 11 is 0. The van der Waals surface area contributed by atoms with Gasteiger partial charge in [-0.3, -0.25) is 14.2 Å². The summed E-state index contributed by atoms with van der Waals surface area (Å²) in [7, 11) is 0. The van der Waals surface area contributed by atoms with E-state index in [1.54, 1.807) is 11.0 Å². The molecule has 3 aromatic rings. The molecule has 3 unspecified atom stereocenters. The number of rotatable bonds is 8. The van der Waals surface area contributed by atoms with Crippen LogP contribution in [-0.2, 0) is 0 Å². The van der Waals surface area contributed by atoms with E-state index in [1.165, 1.54) is 22.9 Å². The first kappa shape index (κ1) is 26.0. The Kier molecular flexibility index (Phi) is 7.53. The van der Waals surface area contributed by atoms with E-state index in [0.29, 0.717) is 37.2 Å². The van der Waals surface area contributed by atoms with Crippen LogP contribution in [0.15, 0.2) is 54.0 Å². The van der Waals surface area contributed by atoms with Crippen LogP contribution in [0.2, 0.25) is 0 Å². The predicted octanol–water partition coefficient (Wildman–Crippen LogP) is 5.32. The van der Waals surface area contributed by atoms with Crippen LogP contribution in [0.1, 0.15) is 48.9 Å².